The van der Waals surface area contributed by atoms with E-state index in [1.165, 1.54) is 0 Å². The van der Waals surface area contributed by atoms with Gasteiger partial charge in [0.2, 0.25) is 0 Å². The Labute approximate surface area is 113 Å². The van der Waals surface area contributed by atoms with Crippen molar-refractivity contribution in [3.63, 3.8) is 0 Å². The third-order valence-electron chi connectivity index (χ3n) is 3.39. The molecule has 0 amide bonds. The molecule has 2 rings (SSSR count). The van der Waals surface area contributed by atoms with Gasteiger partial charge in [0.15, 0.2) is 0 Å². The summed E-state index contributed by atoms with van der Waals surface area (Å²) < 4.78 is 0. The molecule has 1 aliphatic rings. The van der Waals surface area contributed by atoms with E-state index in [-0.39, 0.29) is 5.92 Å². The van der Waals surface area contributed by atoms with Crippen molar-refractivity contribution < 1.29 is 0 Å². The van der Waals surface area contributed by atoms with Gasteiger partial charge in [0, 0.05) is 5.92 Å². The van der Waals surface area contributed by atoms with Crippen molar-refractivity contribution in [1.29, 1.82) is 10.5 Å². The molecule has 1 atom stereocenters. The summed E-state index contributed by atoms with van der Waals surface area (Å²) in [5, 5.41) is 18.4. The number of hydrogen-bond acceptors (Lipinski definition) is 2. The molecular formula is C17H14N2. The van der Waals surface area contributed by atoms with Crippen LogP contribution in [-0.4, -0.2) is 0 Å². The van der Waals surface area contributed by atoms with E-state index in [2.05, 4.69) is 18.7 Å². The van der Waals surface area contributed by atoms with Crippen molar-refractivity contribution in [3.05, 3.63) is 65.8 Å². The molecule has 0 aromatic heterocycles. The Morgan fingerprint density at radius 1 is 1.26 bits per heavy atom. The number of nitriles is 2. The lowest BCUT2D eigenvalue weighted by Crippen LogP contribution is -2.09. The maximum Gasteiger partial charge on any atom is 0.144 e. The van der Waals surface area contributed by atoms with E-state index in [4.69, 9.17) is 0 Å². The molecule has 2 heteroatoms. The molecule has 0 fully saturated rings. The Balaban J connectivity index is 2.71. The normalized spacial score (nSPS) is 17.4. The van der Waals surface area contributed by atoms with Crippen LogP contribution in [0.2, 0.25) is 0 Å². The van der Waals surface area contributed by atoms with Crippen LogP contribution in [0.4, 0.5) is 0 Å². The Bertz CT molecular complexity index is 637. The van der Waals surface area contributed by atoms with Crippen molar-refractivity contribution in [3.8, 4) is 12.1 Å². The lowest BCUT2D eigenvalue weighted by molar-refractivity contribution is 0.720. The summed E-state index contributed by atoms with van der Waals surface area (Å²) in [6, 6.07) is 12.1. The first-order valence-electron chi connectivity index (χ1n) is 6.16. The average molecular weight is 246 g/mol. The molecule has 2 nitrogen and oxygen atoms in total. The Kier molecular flexibility index (Phi) is 3.64. The zero-order chi connectivity index (χ0) is 13.8. The van der Waals surface area contributed by atoms with Crippen molar-refractivity contribution in [2.24, 2.45) is 5.92 Å². The van der Waals surface area contributed by atoms with Crippen LogP contribution in [0, 0.1) is 28.6 Å². The van der Waals surface area contributed by atoms with Gasteiger partial charge in [0.25, 0.3) is 0 Å². The van der Waals surface area contributed by atoms with E-state index in [1.54, 1.807) is 6.08 Å². The molecule has 0 bridgehead atoms. The van der Waals surface area contributed by atoms with Gasteiger partial charge in [-0.2, -0.15) is 10.5 Å². The summed E-state index contributed by atoms with van der Waals surface area (Å²) >= 11 is 0. The summed E-state index contributed by atoms with van der Waals surface area (Å²) in [4.78, 5) is 0. The van der Waals surface area contributed by atoms with Crippen molar-refractivity contribution in [2.75, 3.05) is 0 Å². The zero-order valence-electron chi connectivity index (χ0n) is 10.8. The molecule has 19 heavy (non-hydrogen) atoms. The molecule has 0 heterocycles. The van der Waals surface area contributed by atoms with Gasteiger partial charge in [0.1, 0.15) is 5.92 Å². The predicted octanol–water partition coefficient (Wildman–Crippen LogP) is 3.96. The van der Waals surface area contributed by atoms with Crippen molar-refractivity contribution >= 4 is 5.57 Å². The van der Waals surface area contributed by atoms with E-state index in [9.17, 15) is 10.5 Å². The monoisotopic (exact) mass is 246 g/mol. The van der Waals surface area contributed by atoms with Gasteiger partial charge in [-0.3, -0.25) is 0 Å². The number of fused-ring (bicyclic) bond motifs is 1. The zero-order valence-corrected chi connectivity index (χ0v) is 10.8. The average Bonchev–Trinajstić information content (AvgIpc) is 2.75. The SMILES string of the molecule is C=CC1=C(/C=C\C)C(C(C#N)C#N)c2ccccc21. The van der Waals surface area contributed by atoms with Crippen LogP contribution in [0.25, 0.3) is 5.57 Å². The van der Waals surface area contributed by atoms with Crippen LogP contribution in [0.1, 0.15) is 24.0 Å². The highest BCUT2D eigenvalue weighted by Crippen LogP contribution is 2.46. The summed E-state index contributed by atoms with van der Waals surface area (Å²) in [7, 11) is 0. The molecule has 0 spiro atoms. The molecule has 92 valence electrons. The van der Waals surface area contributed by atoms with Crippen molar-refractivity contribution in [1.82, 2.24) is 0 Å². The second-order valence-electron chi connectivity index (χ2n) is 4.37. The van der Waals surface area contributed by atoms with E-state index in [0.29, 0.717) is 0 Å². The molecule has 0 N–H and O–H groups in total. The fourth-order valence-electron chi connectivity index (χ4n) is 2.64. The first-order chi connectivity index (χ1) is 9.28. The topological polar surface area (TPSA) is 47.6 Å². The van der Waals surface area contributed by atoms with Crippen LogP contribution in [-0.2, 0) is 0 Å². The molecular weight excluding hydrogens is 232 g/mol. The summed E-state index contributed by atoms with van der Waals surface area (Å²) in [6.45, 7) is 5.79. The van der Waals surface area contributed by atoms with Crippen LogP contribution in [0.5, 0.6) is 0 Å². The van der Waals surface area contributed by atoms with E-state index in [0.717, 1.165) is 22.3 Å². The minimum atomic E-state index is -0.676. The predicted molar refractivity (Wildman–Crippen MR) is 75.8 cm³/mol. The standard InChI is InChI=1S/C17H14N2/c1-3-7-15-13(4-2)14-8-5-6-9-16(14)17(15)12(10-18)11-19/h3-9,12,17H,2H2,1H3/b7-3-. The Hall–Kier alpha value is -2.58. The number of benzene rings is 1. The second kappa shape index (κ2) is 5.38. The summed E-state index contributed by atoms with van der Waals surface area (Å²) in [5.74, 6) is -0.861. The largest absolute Gasteiger partial charge is 0.197 e. The minimum absolute atomic E-state index is 0.185. The molecule has 1 aliphatic carbocycles. The number of rotatable bonds is 3. The Morgan fingerprint density at radius 3 is 2.53 bits per heavy atom. The third-order valence-corrected chi connectivity index (χ3v) is 3.39. The molecule has 1 unspecified atom stereocenters. The molecule has 1 aromatic carbocycles. The highest BCUT2D eigenvalue weighted by Gasteiger charge is 2.34. The van der Waals surface area contributed by atoms with Gasteiger partial charge in [-0.05, 0) is 29.2 Å². The van der Waals surface area contributed by atoms with Gasteiger partial charge >= 0.3 is 0 Å². The van der Waals surface area contributed by atoms with Gasteiger partial charge in [-0.15, -0.1) is 0 Å². The van der Waals surface area contributed by atoms with Crippen LogP contribution in [0.3, 0.4) is 0 Å². The van der Waals surface area contributed by atoms with Crippen molar-refractivity contribution in [2.45, 2.75) is 12.8 Å². The van der Waals surface area contributed by atoms with Gasteiger partial charge < -0.3 is 0 Å². The van der Waals surface area contributed by atoms with Crippen LogP contribution >= 0.6 is 0 Å². The quantitative estimate of drug-likeness (QED) is 0.810. The van der Waals surface area contributed by atoms with Gasteiger partial charge in [-0.25, -0.2) is 0 Å². The lowest BCUT2D eigenvalue weighted by atomic mass is 9.84. The first-order valence-corrected chi connectivity index (χ1v) is 6.16. The fraction of sp³-hybridized carbons (Fsp3) is 0.176. The fourth-order valence-corrected chi connectivity index (χ4v) is 2.64. The highest BCUT2D eigenvalue weighted by molar-refractivity contribution is 5.86. The maximum atomic E-state index is 9.21. The first kappa shape index (κ1) is 12.9. The molecule has 0 saturated carbocycles. The minimum Gasteiger partial charge on any atom is -0.197 e. The van der Waals surface area contributed by atoms with E-state index in [1.807, 2.05) is 43.3 Å². The van der Waals surface area contributed by atoms with E-state index >= 15 is 0 Å². The number of hydrogen-bond donors (Lipinski definition) is 0. The molecule has 0 radical (unpaired) electrons. The summed E-state index contributed by atoms with van der Waals surface area (Å²) in [5.41, 5.74) is 4.14. The number of allylic oxidation sites excluding steroid dienone is 5. The number of nitrogens with zero attached hydrogens (tertiary/aromatic N) is 2. The highest BCUT2D eigenvalue weighted by atomic mass is 14.4. The Morgan fingerprint density at radius 2 is 1.95 bits per heavy atom. The van der Waals surface area contributed by atoms with E-state index < -0.39 is 5.92 Å². The maximum absolute atomic E-state index is 9.21. The molecule has 0 saturated heterocycles. The molecule has 1 aromatic rings. The van der Waals surface area contributed by atoms with Crippen LogP contribution < -0.4 is 0 Å². The lowest BCUT2D eigenvalue weighted by Gasteiger charge is -2.14. The van der Waals surface area contributed by atoms with Gasteiger partial charge in [0.05, 0.1) is 12.1 Å². The molecule has 0 aliphatic heterocycles. The van der Waals surface area contributed by atoms with Crippen LogP contribution in [0.15, 0.2) is 54.6 Å². The summed E-state index contributed by atoms with van der Waals surface area (Å²) in [6.07, 6.45) is 5.72. The van der Waals surface area contributed by atoms with Gasteiger partial charge in [-0.1, -0.05) is 49.1 Å². The second-order valence-corrected chi connectivity index (χ2v) is 4.37. The smallest absolute Gasteiger partial charge is 0.144 e. The third kappa shape index (κ3) is 1.98.